The summed E-state index contributed by atoms with van der Waals surface area (Å²) in [7, 11) is 1.66. The Labute approximate surface area is 98.0 Å². The van der Waals surface area contributed by atoms with Crippen molar-refractivity contribution in [3.63, 3.8) is 0 Å². The Hall–Kier alpha value is -0.450. The van der Waals surface area contributed by atoms with Crippen molar-refractivity contribution in [2.75, 3.05) is 20.3 Å². The van der Waals surface area contributed by atoms with Crippen LogP contribution in [-0.4, -0.2) is 20.3 Å². The molecule has 0 saturated heterocycles. The lowest BCUT2D eigenvalue weighted by atomic mass is 10.1. The van der Waals surface area contributed by atoms with Crippen LogP contribution in [0.1, 0.15) is 18.5 Å². The van der Waals surface area contributed by atoms with Gasteiger partial charge in [-0.2, -0.15) is 0 Å². The largest absolute Gasteiger partial charge is 0.383 e. The van der Waals surface area contributed by atoms with E-state index >= 15 is 0 Å². The molecule has 1 atom stereocenters. The highest BCUT2D eigenvalue weighted by Crippen LogP contribution is 2.20. The Morgan fingerprint density at radius 2 is 2.27 bits per heavy atom. The topological polar surface area (TPSA) is 21.3 Å². The average molecular weight is 276 g/mol. The summed E-state index contributed by atoms with van der Waals surface area (Å²) in [5.41, 5.74) is 0.937. The Morgan fingerprint density at radius 3 is 2.87 bits per heavy atom. The molecule has 0 aliphatic heterocycles. The van der Waals surface area contributed by atoms with Crippen molar-refractivity contribution in [1.82, 2.24) is 5.32 Å². The SMILES string of the molecule is COCCNC(C)c1ccc(Br)c(F)c1. The van der Waals surface area contributed by atoms with Gasteiger partial charge in [0.15, 0.2) is 0 Å². The van der Waals surface area contributed by atoms with Crippen LogP contribution in [0.4, 0.5) is 4.39 Å². The monoisotopic (exact) mass is 275 g/mol. The Bertz CT molecular complexity index is 319. The highest BCUT2D eigenvalue weighted by molar-refractivity contribution is 9.10. The third-order valence-corrected chi connectivity index (χ3v) is 2.84. The number of rotatable bonds is 5. The van der Waals surface area contributed by atoms with E-state index in [1.165, 1.54) is 6.07 Å². The number of benzene rings is 1. The first-order chi connectivity index (χ1) is 7.15. The van der Waals surface area contributed by atoms with Crippen LogP contribution in [-0.2, 0) is 4.74 Å². The maximum atomic E-state index is 13.2. The van der Waals surface area contributed by atoms with Gasteiger partial charge in [0.2, 0.25) is 0 Å². The lowest BCUT2D eigenvalue weighted by Gasteiger charge is -2.14. The molecule has 2 nitrogen and oxygen atoms in total. The molecular formula is C11H15BrFNO. The van der Waals surface area contributed by atoms with Crippen molar-refractivity contribution < 1.29 is 9.13 Å². The number of nitrogens with one attached hydrogen (secondary N) is 1. The third kappa shape index (κ3) is 3.89. The second-order valence-corrected chi connectivity index (χ2v) is 4.20. The van der Waals surface area contributed by atoms with Crippen LogP contribution in [0.5, 0.6) is 0 Å². The minimum Gasteiger partial charge on any atom is -0.383 e. The van der Waals surface area contributed by atoms with Crippen LogP contribution in [0.3, 0.4) is 0 Å². The second kappa shape index (κ2) is 6.20. The smallest absolute Gasteiger partial charge is 0.137 e. The number of hydrogen-bond donors (Lipinski definition) is 1. The fraction of sp³-hybridized carbons (Fsp3) is 0.455. The molecule has 4 heteroatoms. The van der Waals surface area contributed by atoms with Gasteiger partial charge in [-0.1, -0.05) is 6.07 Å². The fourth-order valence-corrected chi connectivity index (χ4v) is 1.52. The van der Waals surface area contributed by atoms with Crippen molar-refractivity contribution in [2.45, 2.75) is 13.0 Å². The summed E-state index contributed by atoms with van der Waals surface area (Å²) in [5, 5.41) is 3.24. The molecule has 0 amide bonds. The van der Waals surface area contributed by atoms with E-state index < -0.39 is 0 Å². The molecule has 0 spiro atoms. The van der Waals surface area contributed by atoms with Gasteiger partial charge in [-0.3, -0.25) is 0 Å². The van der Waals surface area contributed by atoms with Gasteiger partial charge in [0.05, 0.1) is 11.1 Å². The average Bonchev–Trinajstić information content (AvgIpc) is 2.22. The number of halogens is 2. The summed E-state index contributed by atoms with van der Waals surface area (Å²) in [6, 6.07) is 5.29. The summed E-state index contributed by atoms with van der Waals surface area (Å²) in [6.07, 6.45) is 0. The fourth-order valence-electron chi connectivity index (χ4n) is 1.28. The van der Waals surface area contributed by atoms with Gasteiger partial charge in [-0.05, 0) is 40.5 Å². The molecular weight excluding hydrogens is 261 g/mol. The highest BCUT2D eigenvalue weighted by Gasteiger charge is 2.07. The first kappa shape index (κ1) is 12.6. The van der Waals surface area contributed by atoms with Crippen LogP contribution in [0.25, 0.3) is 0 Å². The lowest BCUT2D eigenvalue weighted by Crippen LogP contribution is -2.22. The summed E-state index contributed by atoms with van der Waals surface area (Å²) < 4.78 is 18.7. The van der Waals surface area contributed by atoms with Gasteiger partial charge < -0.3 is 10.1 Å². The van der Waals surface area contributed by atoms with Crippen LogP contribution < -0.4 is 5.32 Å². The predicted molar refractivity (Wildman–Crippen MR) is 62.4 cm³/mol. The number of hydrogen-bond acceptors (Lipinski definition) is 2. The summed E-state index contributed by atoms with van der Waals surface area (Å²) >= 11 is 3.13. The van der Waals surface area contributed by atoms with Gasteiger partial charge in [-0.15, -0.1) is 0 Å². The van der Waals surface area contributed by atoms with Gasteiger partial charge in [-0.25, -0.2) is 4.39 Å². The first-order valence-corrected chi connectivity index (χ1v) is 5.61. The maximum Gasteiger partial charge on any atom is 0.137 e. The maximum absolute atomic E-state index is 13.2. The van der Waals surface area contributed by atoms with E-state index in [9.17, 15) is 4.39 Å². The Kier molecular flexibility index (Phi) is 5.22. The quantitative estimate of drug-likeness (QED) is 0.835. The van der Waals surface area contributed by atoms with Gasteiger partial charge in [0.1, 0.15) is 5.82 Å². The summed E-state index contributed by atoms with van der Waals surface area (Å²) in [5.74, 6) is -0.229. The van der Waals surface area contributed by atoms with E-state index in [1.807, 2.05) is 13.0 Å². The molecule has 84 valence electrons. The zero-order valence-corrected chi connectivity index (χ0v) is 10.5. The van der Waals surface area contributed by atoms with E-state index in [-0.39, 0.29) is 11.9 Å². The first-order valence-electron chi connectivity index (χ1n) is 4.82. The number of methoxy groups -OCH3 is 1. The molecule has 0 aromatic heterocycles. The lowest BCUT2D eigenvalue weighted by molar-refractivity contribution is 0.196. The van der Waals surface area contributed by atoms with Crippen LogP contribution in [0, 0.1) is 5.82 Å². The zero-order valence-electron chi connectivity index (χ0n) is 8.89. The molecule has 0 radical (unpaired) electrons. The third-order valence-electron chi connectivity index (χ3n) is 2.20. The van der Waals surface area contributed by atoms with E-state index in [0.717, 1.165) is 12.1 Å². The molecule has 0 fully saturated rings. The van der Waals surface area contributed by atoms with Crippen LogP contribution in [0.15, 0.2) is 22.7 Å². The molecule has 1 unspecified atom stereocenters. The Morgan fingerprint density at radius 1 is 1.53 bits per heavy atom. The van der Waals surface area contributed by atoms with Gasteiger partial charge >= 0.3 is 0 Å². The molecule has 0 bridgehead atoms. The zero-order chi connectivity index (χ0) is 11.3. The standard InChI is InChI=1S/C11H15BrFNO/c1-8(14-5-6-15-2)9-3-4-10(12)11(13)7-9/h3-4,7-8,14H,5-6H2,1-2H3. The van der Waals surface area contributed by atoms with Crippen molar-refractivity contribution in [2.24, 2.45) is 0 Å². The molecule has 15 heavy (non-hydrogen) atoms. The molecule has 1 aromatic rings. The van der Waals surface area contributed by atoms with E-state index in [0.29, 0.717) is 11.1 Å². The summed E-state index contributed by atoms with van der Waals surface area (Å²) in [6.45, 7) is 3.41. The number of ether oxygens (including phenoxy) is 1. The van der Waals surface area contributed by atoms with Crippen molar-refractivity contribution >= 4 is 15.9 Å². The molecule has 0 heterocycles. The minimum atomic E-state index is -0.229. The van der Waals surface area contributed by atoms with Crippen LogP contribution in [0.2, 0.25) is 0 Å². The molecule has 0 aliphatic carbocycles. The minimum absolute atomic E-state index is 0.128. The van der Waals surface area contributed by atoms with E-state index in [4.69, 9.17) is 4.74 Å². The van der Waals surface area contributed by atoms with E-state index in [1.54, 1.807) is 13.2 Å². The molecule has 1 aromatic carbocycles. The Balaban J connectivity index is 2.57. The summed E-state index contributed by atoms with van der Waals surface area (Å²) in [4.78, 5) is 0. The molecule has 0 aliphatic rings. The molecule has 1 N–H and O–H groups in total. The van der Waals surface area contributed by atoms with Crippen LogP contribution >= 0.6 is 15.9 Å². The van der Waals surface area contributed by atoms with Crippen molar-refractivity contribution in [3.8, 4) is 0 Å². The van der Waals surface area contributed by atoms with Crippen molar-refractivity contribution in [3.05, 3.63) is 34.1 Å². The van der Waals surface area contributed by atoms with Gasteiger partial charge in [0, 0.05) is 19.7 Å². The normalized spacial score (nSPS) is 12.8. The predicted octanol–water partition coefficient (Wildman–Crippen LogP) is 2.89. The molecule has 1 rings (SSSR count). The second-order valence-electron chi connectivity index (χ2n) is 3.34. The molecule has 0 saturated carbocycles. The van der Waals surface area contributed by atoms with Crippen molar-refractivity contribution in [1.29, 1.82) is 0 Å². The van der Waals surface area contributed by atoms with E-state index in [2.05, 4.69) is 21.2 Å². The van der Waals surface area contributed by atoms with Gasteiger partial charge in [0.25, 0.3) is 0 Å². The highest BCUT2D eigenvalue weighted by atomic mass is 79.9.